The van der Waals surface area contributed by atoms with Crippen molar-refractivity contribution >= 4 is 35.2 Å². The number of nitrogens with one attached hydrogen (secondary N) is 1. The Morgan fingerprint density at radius 2 is 1.89 bits per heavy atom. The molecule has 0 fully saturated rings. The third-order valence-corrected chi connectivity index (χ3v) is 3.74. The van der Waals surface area contributed by atoms with Crippen LogP contribution in [0.4, 0.5) is 14.5 Å². The van der Waals surface area contributed by atoms with Gasteiger partial charge in [0.05, 0.1) is 10.6 Å². The lowest BCUT2D eigenvalue weighted by Crippen LogP contribution is -2.22. The molecule has 0 saturated heterocycles. The highest BCUT2D eigenvalue weighted by atomic mass is 35.5. The summed E-state index contributed by atoms with van der Waals surface area (Å²) in [4.78, 5) is 25.4. The van der Waals surface area contributed by atoms with Crippen molar-refractivity contribution in [2.24, 2.45) is 0 Å². The van der Waals surface area contributed by atoms with Crippen molar-refractivity contribution in [2.75, 3.05) is 19.4 Å². The second kappa shape index (κ2) is 9.14. The summed E-state index contributed by atoms with van der Waals surface area (Å²) in [5, 5.41) is 2.78. The number of alkyl halides is 2. The van der Waals surface area contributed by atoms with Crippen LogP contribution in [-0.4, -0.2) is 37.4 Å². The Morgan fingerprint density at radius 1 is 1.19 bits per heavy atom. The highest BCUT2D eigenvalue weighted by Crippen LogP contribution is 2.23. The smallest absolute Gasteiger partial charge is 0.387 e. The molecule has 0 atom stereocenters. The lowest BCUT2D eigenvalue weighted by Gasteiger charge is -2.12. The predicted molar refractivity (Wildman–Crippen MR) is 100 cm³/mol. The first-order valence-electron chi connectivity index (χ1n) is 7.82. The topological polar surface area (TPSA) is 58.6 Å². The lowest BCUT2D eigenvalue weighted by molar-refractivity contribution is -0.111. The first kappa shape index (κ1) is 20.4. The van der Waals surface area contributed by atoms with Crippen LogP contribution in [0.2, 0.25) is 5.02 Å². The lowest BCUT2D eigenvalue weighted by atomic mass is 10.1. The summed E-state index contributed by atoms with van der Waals surface area (Å²) < 4.78 is 29.2. The molecule has 0 saturated carbocycles. The Kier molecular flexibility index (Phi) is 6.90. The molecule has 1 N–H and O–H groups in total. The van der Waals surface area contributed by atoms with Crippen molar-refractivity contribution in [3.8, 4) is 5.75 Å². The summed E-state index contributed by atoms with van der Waals surface area (Å²) in [6.07, 6.45) is 2.54. The molecule has 0 radical (unpaired) electrons. The van der Waals surface area contributed by atoms with E-state index in [1.807, 2.05) is 0 Å². The van der Waals surface area contributed by atoms with E-state index >= 15 is 0 Å². The van der Waals surface area contributed by atoms with Crippen LogP contribution in [0.1, 0.15) is 15.9 Å². The third-order valence-electron chi connectivity index (χ3n) is 3.42. The number of hydrogen-bond donors (Lipinski definition) is 1. The fourth-order valence-corrected chi connectivity index (χ4v) is 2.44. The number of carbonyl (C=O) groups excluding carboxylic acids is 2. The Labute approximate surface area is 160 Å². The summed E-state index contributed by atoms with van der Waals surface area (Å²) in [6.45, 7) is -2.96. The molecule has 0 spiro atoms. The highest BCUT2D eigenvalue weighted by molar-refractivity contribution is 6.34. The van der Waals surface area contributed by atoms with Crippen molar-refractivity contribution in [3.63, 3.8) is 0 Å². The predicted octanol–water partition coefficient (Wildman–Crippen LogP) is 4.30. The van der Waals surface area contributed by atoms with Gasteiger partial charge in [0.2, 0.25) is 5.91 Å². The molecule has 8 heteroatoms. The van der Waals surface area contributed by atoms with E-state index in [2.05, 4.69) is 10.1 Å². The molecule has 5 nitrogen and oxygen atoms in total. The number of carbonyl (C=O) groups is 2. The molecule has 142 valence electrons. The molecule has 27 heavy (non-hydrogen) atoms. The zero-order valence-corrected chi connectivity index (χ0v) is 15.3. The van der Waals surface area contributed by atoms with E-state index in [-0.39, 0.29) is 16.7 Å². The van der Waals surface area contributed by atoms with Crippen molar-refractivity contribution in [2.45, 2.75) is 6.61 Å². The van der Waals surface area contributed by atoms with Crippen LogP contribution in [0.5, 0.6) is 5.75 Å². The van der Waals surface area contributed by atoms with Crippen molar-refractivity contribution in [3.05, 3.63) is 64.7 Å². The van der Waals surface area contributed by atoms with E-state index in [4.69, 9.17) is 11.6 Å². The van der Waals surface area contributed by atoms with E-state index in [1.165, 1.54) is 35.3 Å². The van der Waals surface area contributed by atoms with Gasteiger partial charge in [-0.05, 0) is 30.3 Å². The Hall–Kier alpha value is -2.93. The van der Waals surface area contributed by atoms with Crippen molar-refractivity contribution in [1.29, 1.82) is 0 Å². The minimum absolute atomic E-state index is 0.0360. The van der Waals surface area contributed by atoms with Gasteiger partial charge in [0.15, 0.2) is 0 Å². The van der Waals surface area contributed by atoms with Crippen LogP contribution >= 0.6 is 11.6 Å². The standard InChI is InChI=1S/C19H17ClF2N2O3/c1-24(2)18(26)14-9-8-13(11-15(14)20)23-17(25)10-7-12-5-3-4-6-16(12)27-19(21)22/h3-11,19H,1-2H3,(H,23,25)/b10-7+. The van der Waals surface area contributed by atoms with E-state index in [0.29, 0.717) is 16.8 Å². The first-order chi connectivity index (χ1) is 12.8. The monoisotopic (exact) mass is 394 g/mol. The number of rotatable bonds is 6. The van der Waals surface area contributed by atoms with Crippen LogP contribution in [0, 0.1) is 0 Å². The summed E-state index contributed by atoms with van der Waals surface area (Å²) in [7, 11) is 3.21. The molecule has 0 bridgehead atoms. The zero-order chi connectivity index (χ0) is 20.0. The van der Waals surface area contributed by atoms with Crippen LogP contribution in [0.3, 0.4) is 0 Å². The van der Waals surface area contributed by atoms with Crippen LogP contribution in [-0.2, 0) is 4.79 Å². The number of halogens is 3. The van der Waals surface area contributed by atoms with E-state index < -0.39 is 12.5 Å². The SMILES string of the molecule is CN(C)C(=O)c1ccc(NC(=O)/C=C/c2ccccc2OC(F)F)cc1Cl. The van der Waals surface area contributed by atoms with Gasteiger partial charge in [-0.1, -0.05) is 29.8 Å². The summed E-state index contributed by atoms with van der Waals surface area (Å²) in [5.74, 6) is -0.788. The second-order valence-electron chi connectivity index (χ2n) is 5.63. The van der Waals surface area contributed by atoms with Crippen LogP contribution < -0.4 is 10.1 Å². The summed E-state index contributed by atoms with van der Waals surface area (Å²) >= 11 is 6.09. The maximum atomic E-state index is 12.4. The van der Waals surface area contributed by atoms with Gasteiger partial charge in [-0.15, -0.1) is 0 Å². The number of hydrogen-bond acceptors (Lipinski definition) is 3. The number of para-hydroxylation sites is 1. The van der Waals surface area contributed by atoms with Gasteiger partial charge >= 0.3 is 6.61 Å². The Morgan fingerprint density at radius 3 is 2.52 bits per heavy atom. The van der Waals surface area contributed by atoms with Crippen LogP contribution in [0.25, 0.3) is 6.08 Å². The van der Waals surface area contributed by atoms with Gasteiger partial charge < -0.3 is 15.0 Å². The number of nitrogens with zero attached hydrogens (tertiary/aromatic N) is 1. The molecule has 0 aliphatic carbocycles. The molecule has 2 aromatic rings. The third kappa shape index (κ3) is 5.79. The Balaban J connectivity index is 2.09. The molecule has 0 aliphatic rings. The zero-order valence-electron chi connectivity index (χ0n) is 14.6. The van der Waals surface area contributed by atoms with E-state index in [0.717, 1.165) is 0 Å². The molecule has 2 rings (SSSR count). The number of anilines is 1. The average molecular weight is 395 g/mol. The molecule has 2 amide bonds. The molecule has 0 aromatic heterocycles. The van der Waals surface area contributed by atoms with Gasteiger partial charge in [-0.3, -0.25) is 9.59 Å². The largest absolute Gasteiger partial charge is 0.434 e. The quantitative estimate of drug-likeness (QED) is 0.743. The number of benzene rings is 2. The van der Waals surface area contributed by atoms with Gasteiger partial charge in [0.1, 0.15) is 5.75 Å². The first-order valence-corrected chi connectivity index (χ1v) is 8.20. The van der Waals surface area contributed by atoms with Crippen LogP contribution in [0.15, 0.2) is 48.5 Å². The average Bonchev–Trinajstić information content (AvgIpc) is 2.60. The molecule has 0 unspecified atom stereocenters. The molecular formula is C19H17ClF2N2O3. The van der Waals surface area contributed by atoms with E-state index in [9.17, 15) is 18.4 Å². The number of ether oxygens (including phenoxy) is 1. The molecule has 0 heterocycles. The summed E-state index contributed by atoms with van der Waals surface area (Å²) in [6, 6.07) is 10.6. The fraction of sp³-hybridized carbons (Fsp3) is 0.158. The maximum absolute atomic E-state index is 12.4. The van der Waals surface area contributed by atoms with Gasteiger partial charge in [0, 0.05) is 31.4 Å². The van der Waals surface area contributed by atoms with Crippen molar-refractivity contribution in [1.82, 2.24) is 4.90 Å². The van der Waals surface area contributed by atoms with E-state index in [1.54, 1.807) is 38.4 Å². The highest BCUT2D eigenvalue weighted by Gasteiger charge is 2.13. The molecular weight excluding hydrogens is 378 g/mol. The fourth-order valence-electron chi connectivity index (χ4n) is 2.18. The maximum Gasteiger partial charge on any atom is 0.387 e. The van der Waals surface area contributed by atoms with Gasteiger partial charge in [0.25, 0.3) is 5.91 Å². The second-order valence-corrected chi connectivity index (χ2v) is 6.04. The summed E-state index contributed by atoms with van der Waals surface area (Å²) in [5.41, 5.74) is 1.04. The normalized spacial score (nSPS) is 10.9. The minimum atomic E-state index is -2.96. The van der Waals surface area contributed by atoms with Gasteiger partial charge in [-0.25, -0.2) is 0 Å². The number of amides is 2. The minimum Gasteiger partial charge on any atom is -0.434 e. The Bertz CT molecular complexity index is 870. The van der Waals surface area contributed by atoms with Crippen molar-refractivity contribution < 1.29 is 23.1 Å². The van der Waals surface area contributed by atoms with Gasteiger partial charge in [-0.2, -0.15) is 8.78 Å². The molecule has 0 aliphatic heterocycles. The molecule has 2 aromatic carbocycles.